The van der Waals surface area contributed by atoms with Gasteiger partial charge in [0.2, 0.25) is 17.7 Å². The molecular formula is C25H27N3O3. The molecule has 0 aliphatic heterocycles. The van der Waals surface area contributed by atoms with Gasteiger partial charge in [-0.25, -0.2) is 0 Å². The van der Waals surface area contributed by atoms with Crippen LogP contribution in [0.25, 0.3) is 11.1 Å². The average molecular weight is 418 g/mol. The number of amides is 1. The lowest BCUT2D eigenvalue weighted by Crippen LogP contribution is -2.40. The van der Waals surface area contributed by atoms with Crippen LogP contribution in [0.1, 0.15) is 31.2 Å². The molecule has 0 unspecified atom stereocenters. The normalized spacial score (nSPS) is 18.2. The van der Waals surface area contributed by atoms with E-state index in [2.05, 4.69) is 39.6 Å². The predicted octanol–water partition coefficient (Wildman–Crippen LogP) is 4.20. The third-order valence-electron chi connectivity index (χ3n) is 5.55. The van der Waals surface area contributed by atoms with E-state index in [0.717, 1.165) is 36.8 Å². The van der Waals surface area contributed by atoms with Gasteiger partial charge in [0, 0.05) is 6.04 Å². The van der Waals surface area contributed by atoms with E-state index in [1.54, 1.807) is 19.5 Å². The first kappa shape index (κ1) is 20.8. The van der Waals surface area contributed by atoms with Gasteiger partial charge in [0.1, 0.15) is 6.10 Å². The number of carbonyl (C=O) groups excluding carboxylic acids is 1. The van der Waals surface area contributed by atoms with Crippen LogP contribution in [0, 0.1) is 0 Å². The molecule has 0 saturated heterocycles. The molecule has 4 rings (SSSR count). The maximum absolute atomic E-state index is 12.5. The summed E-state index contributed by atoms with van der Waals surface area (Å²) in [6, 6.07) is 18.6. The molecule has 6 nitrogen and oxygen atoms in total. The Kier molecular flexibility index (Phi) is 6.77. The molecule has 1 fully saturated rings. The monoisotopic (exact) mass is 417 g/mol. The van der Waals surface area contributed by atoms with Crippen molar-refractivity contribution in [2.75, 3.05) is 7.11 Å². The van der Waals surface area contributed by atoms with Crippen LogP contribution in [-0.4, -0.2) is 35.1 Å². The number of hydrogen-bond donors (Lipinski definition) is 1. The van der Waals surface area contributed by atoms with E-state index in [4.69, 9.17) is 9.47 Å². The predicted molar refractivity (Wildman–Crippen MR) is 119 cm³/mol. The van der Waals surface area contributed by atoms with Crippen LogP contribution < -0.4 is 14.8 Å². The highest BCUT2D eigenvalue weighted by molar-refractivity contribution is 5.79. The maximum Gasteiger partial charge on any atom is 0.235 e. The molecule has 0 atom stereocenters. The summed E-state index contributed by atoms with van der Waals surface area (Å²) in [5.74, 6) is 0.983. The summed E-state index contributed by atoms with van der Waals surface area (Å²) in [5, 5.41) is 3.17. The fourth-order valence-corrected chi connectivity index (χ4v) is 3.89. The van der Waals surface area contributed by atoms with Crippen LogP contribution in [0.3, 0.4) is 0 Å². The zero-order chi connectivity index (χ0) is 21.5. The summed E-state index contributed by atoms with van der Waals surface area (Å²) in [6.45, 7) is 0. The van der Waals surface area contributed by atoms with E-state index in [9.17, 15) is 4.79 Å². The minimum atomic E-state index is 0.0653. The first-order valence-corrected chi connectivity index (χ1v) is 10.7. The van der Waals surface area contributed by atoms with Gasteiger partial charge < -0.3 is 14.8 Å². The van der Waals surface area contributed by atoms with Crippen molar-refractivity contribution in [3.8, 4) is 22.9 Å². The molecule has 3 aromatic rings. The van der Waals surface area contributed by atoms with Gasteiger partial charge in [-0.15, -0.1) is 0 Å². The number of benzene rings is 2. The molecule has 0 radical (unpaired) electrons. The second-order valence-electron chi connectivity index (χ2n) is 7.80. The molecule has 1 N–H and O–H groups in total. The van der Waals surface area contributed by atoms with Crippen LogP contribution in [0.5, 0.6) is 11.8 Å². The maximum atomic E-state index is 12.5. The lowest BCUT2D eigenvalue weighted by atomic mass is 9.92. The smallest absolute Gasteiger partial charge is 0.235 e. The Hall–Kier alpha value is -3.41. The van der Waals surface area contributed by atoms with Crippen molar-refractivity contribution in [3.05, 3.63) is 72.6 Å². The minimum absolute atomic E-state index is 0.0653. The summed E-state index contributed by atoms with van der Waals surface area (Å²) in [7, 11) is 1.55. The van der Waals surface area contributed by atoms with Crippen molar-refractivity contribution in [2.24, 2.45) is 0 Å². The fraction of sp³-hybridized carbons (Fsp3) is 0.320. The zero-order valence-electron chi connectivity index (χ0n) is 17.7. The number of ether oxygens (including phenoxy) is 2. The third kappa shape index (κ3) is 5.81. The van der Waals surface area contributed by atoms with Gasteiger partial charge in [-0.2, -0.15) is 4.98 Å². The summed E-state index contributed by atoms with van der Waals surface area (Å²) >= 11 is 0. The van der Waals surface area contributed by atoms with Gasteiger partial charge >= 0.3 is 0 Å². The van der Waals surface area contributed by atoms with Gasteiger partial charge in [0.15, 0.2) is 0 Å². The Bertz CT molecular complexity index is 984. The first-order valence-electron chi connectivity index (χ1n) is 10.7. The van der Waals surface area contributed by atoms with Crippen molar-refractivity contribution >= 4 is 5.91 Å². The van der Waals surface area contributed by atoms with E-state index in [1.807, 2.05) is 30.3 Å². The molecule has 1 heterocycles. The first-order chi connectivity index (χ1) is 15.2. The Balaban J connectivity index is 1.23. The highest BCUT2D eigenvalue weighted by Crippen LogP contribution is 2.24. The molecule has 1 aliphatic carbocycles. The quantitative estimate of drug-likeness (QED) is 0.624. The summed E-state index contributed by atoms with van der Waals surface area (Å²) in [6.07, 6.45) is 7.14. The topological polar surface area (TPSA) is 73.3 Å². The molecule has 1 amide bonds. The minimum Gasteiger partial charge on any atom is -0.480 e. The standard InChI is InChI=1S/C25H27N3O3/c1-30-24-16-26-17-25(28-24)31-22-13-11-21(12-14-22)27-23(29)15-18-7-9-20(10-8-18)19-5-3-2-4-6-19/h2-10,16-17,21-22H,11-15H2,1H3,(H,27,29). The van der Waals surface area contributed by atoms with E-state index >= 15 is 0 Å². The average Bonchev–Trinajstić information content (AvgIpc) is 2.81. The molecule has 0 bridgehead atoms. The second-order valence-corrected chi connectivity index (χ2v) is 7.80. The summed E-state index contributed by atoms with van der Waals surface area (Å²) < 4.78 is 11.0. The molecular weight excluding hydrogens is 390 g/mol. The molecule has 160 valence electrons. The van der Waals surface area contributed by atoms with E-state index in [1.165, 1.54) is 5.56 Å². The molecule has 1 aromatic heterocycles. The van der Waals surface area contributed by atoms with Crippen molar-refractivity contribution < 1.29 is 14.3 Å². The van der Waals surface area contributed by atoms with Crippen molar-refractivity contribution in [2.45, 2.75) is 44.2 Å². The fourth-order valence-electron chi connectivity index (χ4n) is 3.89. The van der Waals surface area contributed by atoms with Crippen LogP contribution in [-0.2, 0) is 11.2 Å². The number of nitrogens with zero attached hydrogens (tertiary/aromatic N) is 2. The van der Waals surface area contributed by atoms with Gasteiger partial charge in [-0.3, -0.25) is 9.78 Å². The van der Waals surface area contributed by atoms with Gasteiger partial charge in [0.05, 0.1) is 25.9 Å². The van der Waals surface area contributed by atoms with E-state index in [-0.39, 0.29) is 18.1 Å². The van der Waals surface area contributed by atoms with Crippen molar-refractivity contribution in [1.29, 1.82) is 0 Å². The lowest BCUT2D eigenvalue weighted by molar-refractivity contribution is -0.121. The molecule has 1 aliphatic rings. The number of hydrogen-bond acceptors (Lipinski definition) is 5. The number of rotatable bonds is 7. The highest BCUT2D eigenvalue weighted by Gasteiger charge is 2.24. The Morgan fingerprint density at radius 2 is 1.61 bits per heavy atom. The van der Waals surface area contributed by atoms with Crippen molar-refractivity contribution in [3.63, 3.8) is 0 Å². The molecule has 6 heteroatoms. The van der Waals surface area contributed by atoms with Crippen LogP contribution in [0.4, 0.5) is 0 Å². The summed E-state index contributed by atoms with van der Waals surface area (Å²) in [5.41, 5.74) is 3.35. The Morgan fingerprint density at radius 1 is 0.935 bits per heavy atom. The molecule has 1 saturated carbocycles. The Labute approximate surface area is 182 Å². The summed E-state index contributed by atoms with van der Waals surface area (Å²) in [4.78, 5) is 20.8. The molecule has 31 heavy (non-hydrogen) atoms. The van der Waals surface area contributed by atoms with E-state index in [0.29, 0.717) is 18.2 Å². The van der Waals surface area contributed by atoms with Crippen LogP contribution >= 0.6 is 0 Å². The van der Waals surface area contributed by atoms with Gasteiger partial charge in [-0.1, -0.05) is 54.6 Å². The van der Waals surface area contributed by atoms with E-state index < -0.39 is 0 Å². The van der Waals surface area contributed by atoms with Crippen LogP contribution in [0.15, 0.2) is 67.0 Å². The highest BCUT2D eigenvalue weighted by atomic mass is 16.5. The molecule has 0 spiro atoms. The van der Waals surface area contributed by atoms with Gasteiger partial charge in [-0.05, 0) is 42.4 Å². The largest absolute Gasteiger partial charge is 0.480 e. The Morgan fingerprint density at radius 3 is 2.32 bits per heavy atom. The molecule has 2 aromatic carbocycles. The van der Waals surface area contributed by atoms with Crippen LogP contribution in [0.2, 0.25) is 0 Å². The van der Waals surface area contributed by atoms with Gasteiger partial charge in [0.25, 0.3) is 0 Å². The lowest BCUT2D eigenvalue weighted by Gasteiger charge is -2.29. The number of methoxy groups -OCH3 is 1. The SMILES string of the molecule is COc1cncc(OC2CCC(NC(=O)Cc3ccc(-c4ccccc4)cc3)CC2)n1. The van der Waals surface area contributed by atoms with Crippen molar-refractivity contribution in [1.82, 2.24) is 15.3 Å². The second kappa shape index (κ2) is 10.1. The third-order valence-corrected chi connectivity index (χ3v) is 5.55. The number of aromatic nitrogens is 2. The number of carbonyl (C=O) groups is 1. The number of nitrogens with one attached hydrogen (secondary N) is 1. The zero-order valence-corrected chi connectivity index (χ0v) is 17.7.